The van der Waals surface area contributed by atoms with Crippen LogP contribution in [0, 0.1) is 67.7 Å². The van der Waals surface area contributed by atoms with E-state index in [2.05, 4.69) is 58.3 Å². The third-order valence-corrected chi connectivity index (χ3v) is 26.6. The molecule has 3 unspecified atom stereocenters. The number of halogens is 3. The minimum Gasteiger partial charge on any atom is -0.478 e. The topological polar surface area (TPSA) is 385 Å². The third-order valence-electron chi connectivity index (χ3n) is 26.6. The van der Waals surface area contributed by atoms with Crippen LogP contribution in [-0.2, 0) is 64.9 Å². The molecule has 6 aliphatic heterocycles. The van der Waals surface area contributed by atoms with Gasteiger partial charge in [-0.25, -0.2) is 47.5 Å². The number of ether oxygens (including phenoxy) is 6. The van der Waals surface area contributed by atoms with Crippen molar-refractivity contribution in [1.29, 1.82) is 15.8 Å². The Balaban J connectivity index is 0.000000121. The predicted molar refractivity (Wildman–Crippen MR) is 437 cm³/mol. The average molecular weight is 1670 g/mol. The molecule has 9 fully saturated rings. The van der Waals surface area contributed by atoms with Gasteiger partial charge in [-0.15, -0.1) is 0 Å². The number of piperidine rings is 3. The van der Waals surface area contributed by atoms with E-state index in [1.54, 1.807) is 66.7 Å². The Kier molecular flexibility index (Phi) is 21.1. The van der Waals surface area contributed by atoms with E-state index in [1.165, 1.54) is 18.2 Å². The molecule has 6 saturated heterocycles. The van der Waals surface area contributed by atoms with Crippen LogP contribution in [0.15, 0.2) is 121 Å². The molecule has 5 N–H and O–H groups in total. The van der Waals surface area contributed by atoms with Gasteiger partial charge in [0.2, 0.25) is 23.5 Å². The number of carboxylic acids is 3. The molecule has 14 heterocycles. The van der Waals surface area contributed by atoms with Gasteiger partial charge in [0, 0.05) is 129 Å². The molecule has 11 aromatic rings. The van der Waals surface area contributed by atoms with Gasteiger partial charge in [0.1, 0.15) is 77.9 Å². The van der Waals surface area contributed by atoms with Crippen LogP contribution in [0.1, 0.15) is 178 Å². The Morgan fingerprint density at radius 1 is 0.472 bits per heavy atom. The highest BCUT2D eigenvalue weighted by molar-refractivity contribution is 5.95. The first-order valence-corrected chi connectivity index (χ1v) is 41.8. The first kappa shape index (κ1) is 79.6. The summed E-state index contributed by atoms with van der Waals surface area (Å²) >= 11 is 0. The van der Waals surface area contributed by atoms with Gasteiger partial charge in [-0.1, -0.05) is 36.4 Å². The summed E-state index contributed by atoms with van der Waals surface area (Å²) in [6.07, 6.45) is 14.7. The van der Waals surface area contributed by atoms with Gasteiger partial charge in [0.15, 0.2) is 16.9 Å². The molecule has 3 aromatic carbocycles. The Labute approximate surface area is 703 Å². The molecule has 123 heavy (non-hydrogen) atoms. The molecule has 0 amide bonds. The van der Waals surface area contributed by atoms with Crippen molar-refractivity contribution in [2.75, 3.05) is 73.8 Å². The second-order valence-electron chi connectivity index (χ2n) is 33.8. The Hall–Kier alpha value is -13.2. The molecule has 4 aliphatic carbocycles. The van der Waals surface area contributed by atoms with Crippen molar-refractivity contribution in [1.82, 2.24) is 58.6 Å². The maximum Gasteiger partial charge on any atom is 0.372 e. The molecule has 33 heteroatoms. The Bertz CT molecular complexity index is 5870. The smallest absolute Gasteiger partial charge is 0.372 e. The second-order valence-corrected chi connectivity index (χ2v) is 33.8. The van der Waals surface area contributed by atoms with Gasteiger partial charge in [0.05, 0.1) is 84.1 Å². The lowest BCUT2D eigenvalue weighted by Gasteiger charge is -2.34. The van der Waals surface area contributed by atoms with Gasteiger partial charge in [-0.2, -0.15) is 30.7 Å². The van der Waals surface area contributed by atoms with Crippen LogP contribution >= 0.6 is 0 Å². The number of aromatic carboxylic acids is 2. The van der Waals surface area contributed by atoms with Gasteiger partial charge in [-0.3, -0.25) is 0 Å². The maximum atomic E-state index is 14.2. The number of nitrogens with zero attached hydrogens (tertiary/aromatic N) is 16. The van der Waals surface area contributed by atoms with Crippen LogP contribution in [0.25, 0.3) is 28.5 Å². The summed E-state index contributed by atoms with van der Waals surface area (Å²) in [5, 5.41) is 55.1. The zero-order chi connectivity index (χ0) is 84.4. The van der Waals surface area contributed by atoms with Crippen molar-refractivity contribution < 1.29 is 71.3 Å². The Morgan fingerprint density at radius 2 is 0.870 bits per heavy atom. The van der Waals surface area contributed by atoms with Crippen molar-refractivity contribution in [3.63, 3.8) is 0 Å². The number of imidazole rings is 4. The van der Waals surface area contributed by atoms with Crippen LogP contribution in [-0.4, -0.2) is 169 Å². The zero-order valence-corrected chi connectivity index (χ0v) is 67.1. The number of rotatable bonds is 24. The SMILES string of the molecule is N#Cc1ccc(COc2cccc(N3CCC4(CC3)CC4c3nc4[nH]c(C(=O)O)cc4n3C[C@@H]3CCO3)n2)c(F)c1.N#Cc1ccc(COc2cccc(N3CCC4(CC3)CC4c3nc4[nH]c(C(=O)O)nc4n3C[C@@H]3CCO3)n2)c(F)c1.N#Cc1ccc(COc2cccc(N3CCC4(CC3)CC4c3nc4c(n3C[C@@H]3CCO3)CC(C(=O)O)=C4)n2)c(F)c1. The van der Waals surface area contributed by atoms with Crippen LogP contribution in [0.5, 0.6) is 17.6 Å². The van der Waals surface area contributed by atoms with Gasteiger partial charge >= 0.3 is 17.9 Å². The maximum absolute atomic E-state index is 14.2. The predicted octanol–water partition coefficient (Wildman–Crippen LogP) is 13.1. The lowest BCUT2D eigenvalue weighted by molar-refractivity contribution is -0.132. The highest BCUT2D eigenvalue weighted by atomic mass is 19.1. The number of carboxylic acid groups (broad SMARTS) is 3. The summed E-state index contributed by atoms with van der Waals surface area (Å²) < 4.78 is 83.7. The summed E-state index contributed by atoms with van der Waals surface area (Å²) in [4.78, 5) is 80.2. The molecule has 0 radical (unpaired) electrons. The molecular formula is C90H87F3N18O12. The van der Waals surface area contributed by atoms with E-state index in [-0.39, 0.29) is 88.5 Å². The largest absolute Gasteiger partial charge is 0.478 e. The van der Waals surface area contributed by atoms with E-state index in [1.807, 2.05) is 54.6 Å². The lowest BCUT2D eigenvalue weighted by Crippen LogP contribution is -2.36. The van der Waals surface area contributed by atoms with Crippen molar-refractivity contribution in [2.24, 2.45) is 16.2 Å². The molecule has 3 saturated carbocycles. The fourth-order valence-corrected chi connectivity index (χ4v) is 18.8. The molecule has 30 nitrogen and oxygen atoms in total. The van der Waals surface area contributed by atoms with E-state index < -0.39 is 35.4 Å². The number of H-pyrrole nitrogens is 2. The lowest BCUT2D eigenvalue weighted by atomic mass is 9.90. The van der Waals surface area contributed by atoms with E-state index in [0.29, 0.717) is 88.2 Å². The highest BCUT2D eigenvalue weighted by Crippen LogP contribution is 2.67. The standard InChI is InChI=1S/C31H30FN5O4.C30H29FN6O4.C29H28FN7O4/c32-24-12-19(16-33)4-5-20(24)18-41-28-3-1-2-27(35-28)36-9-7-31(8-10-36)15-23(31)29-34-25-13-21(30(38)39)14-26(25)37(29)17-22-6-11-40-22;31-22-12-18(15-32)4-5-19(22)17-41-26-3-1-2-25(34-26)36-9-7-30(8-10-36)14-21(30)28-35-27-24(13-23(33-27)29(38)39)37(28)16-20-6-11-40-20;30-21-12-17(14-31)4-5-18(21)16-41-23-3-1-2-22(32-23)36-9-7-29(8-10-36)13-20(29)26-34-24-27(35-25(33-24)28(38)39)37(26)15-19-6-11-40-19/h1-5,12-13,22-23H,6-11,14-15,17-18H2,(H,38,39);1-5,12-13,20-21,33H,6-11,14,16-17H2,(H,38,39);1-5,12,19-20H,6-11,13,15-16H2,(H,33,35)(H,38,39)/t22-,23?;20-,21?;19-,20?/m000/s1. The summed E-state index contributed by atoms with van der Waals surface area (Å²) in [7, 11) is 0. The molecule has 630 valence electrons. The van der Waals surface area contributed by atoms with E-state index in [0.717, 1.165) is 195 Å². The van der Waals surface area contributed by atoms with Crippen LogP contribution in [0.2, 0.25) is 0 Å². The highest BCUT2D eigenvalue weighted by Gasteiger charge is 2.60. The van der Waals surface area contributed by atoms with Crippen LogP contribution in [0.3, 0.4) is 0 Å². The second kappa shape index (κ2) is 32.7. The quantitative estimate of drug-likeness (QED) is 0.0375. The normalized spacial score (nSPS) is 21.4. The number of fused-ring (bicyclic) bond motifs is 3. The fourth-order valence-electron chi connectivity index (χ4n) is 18.8. The zero-order valence-electron chi connectivity index (χ0n) is 67.1. The van der Waals surface area contributed by atoms with Crippen LogP contribution < -0.4 is 28.9 Å². The van der Waals surface area contributed by atoms with Crippen molar-refractivity contribution in [3.05, 3.63) is 212 Å². The van der Waals surface area contributed by atoms with Crippen molar-refractivity contribution >= 4 is 63.9 Å². The number of anilines is 3. The van der Waals surface area contributed by atoms with Crippen LogP contribution in [0.4, 0.5) is 30.6 Å². The number of carbonyl (C=O) groups is 3. The fraction of sp³-hybridized carbons (Fsp3) is 0.411. The number of aromatic amines is 2. The summed E-state index contributed by atoms with van der Waals surface area (Å²) in [6.45, 7) is 9.53. The van der Waals surface area contributed by atoms with Gasteiger partial charge < -0.3 is 82.1 Å². The van der Waals surface area contributed by atoms with E-state index in [9.17, 15) is 42.9 Å². The number of hydrogen-bond donors (Lipinski definition) is 5. The van der Waals surface area contributed by atoms with Crippen molar-refractivity contribution in [2.45, 2.75) is 159 Å². The Morgan fingerprint density at radius 3 is 1.25 bits per heavy atom. The molecular weight excluding hydrogens is 1580 g/mol. The molecule has 8 aromatic heterocycles. The van der Waals surface area contributed by atoms with Crippen molar-refractivity contribution in [3.8, 4) is 35.8 Å². The summed E-state index contributed by atoms with van der Waals surface area (Å²) in [5.41, 5.74) is 7.35. The number of aromatic nitrogens is 12. The minimum atomic E-state index is -1.10. The third kappa shape index (κ3) is 16.1. The molecule has 10 aliphatic rings. The van der Waals surface area contributed by atoms with E-state index >= 15 is 0 Å². The molecule has 6 atom stereocenters. The van der Waals surface area contributed by atoms with Gasteiger partial charge in [-0.05, 0) is 160 Å². The first-order chi connectivity index (χ1) is 59.8. The molecule has 0 bridgehead atoms. The van der Waals surface area contributed by atoms with E-state index in [4.69, 9.17) is 59.2 Å². The number of nitriles is 3. The number of pyridine rings is 3. The summed E-state index contributed by atoms with van der Waals surface area (Å²) in [6, 6.07) is 37.3. The minimum absolute atomic E-state index is 0.0220. The molecule has 21 rings (SSSR count). The monoisotopic (exact) mass is 1670 g/mol. The molecule has 3 spiro atoms. The van der Waals surface area contributed by atoms with Gasteiger partial charge in [0.25, 0.3) is 0 Å². The number of benzene rings is 3. The average Bonchev–Trinajstić information content (AvgIpc) is 1.56. The first-order valence-electron chi connectivity index (χ1n) is 41.8. The number of hydrogen-bond acceptors (Lipinski definition) is 22. The summed E-state index contributed by atoms with van der Waals surface area (Å²) in [5.74, 6) is 3.30. The number of nitrogens with one attached hydrogen (secondary N) is 2. The number of aliphatic carboxylic acids is 1.